The van der Waals surface area contributed by atoms with Gasteiger partial charge >= 0.3 is 0 Å². The minimum Gasteiger partial charge on any atom is -0.378 e. The van der Waals surface area contributed by atoms with Gasteiger partial charge in [0.25, 0.3) is 0 Å². The summed E-state index contributed by atoms with van der Waals surface area (Å²) in [6, 6.07) is 10.6. The number of ether oxygens (including phenoxy) is 1. The van der Waals surface area contributed by atoms with E-state index in [-0.39, 0.29) is 5.41 Å². The minimum absolute atomic E-state index is 0.206. The van der Waals surface area contributed by atoms with Crippen LogP contribution in [0.3, 0.4) is 0 Å². The Labute approximate surface area is 117 Å². The Hall–Kier alpha value is -0.860. The van der Waals surface area contributed by atoms with E-state index in [0.29, 0.717) is 6.10 Å². The van der Waals surface area contributed by atoms with E-state index >= 15 is 0 Å². The van der Waals surface area contributed by atoms with Gasteiger partial charge in [0.1, 0.15) is 0 Å². The molecular weight excluding hydrogens is 234 g/mol. The highest BCUT2D eigenvalue weighted by atomic mass is 16.5. The first kappa shape index (κ1) is 14.5. The molecule has 2 nitrogen and oxygen atoms in total. The maximum Gasteiger partial charge on any atom is 0.0575 e. The minimum atomic E-state index is 0.206. The summed E-state index contributed by atoms with van der Waals surface area (Å²) in [4.78, 5) is 0. The van der Waals surface area contributed by atoms with Crippen molar-refractivity contribution in [3.8, 4) is 0 Å². The lowest BCUT2D eigenvalue weighted by Crippen LogP contribution is -2.34. The number of hydrogen-bond donors (Lipinski definition) is 1. The fraction of sp³-hybridized carbons (Fsp3) is 0.647. The Bertz CT molecular complexity index is 355. The highest BCUT2D eigenvalue weighted by Gasteiger charge is 2.22. The van der Waals surface area contributed by atoms with E-state index in [1.807, 2.05) is 0 Å². The lowest BCUT2D eigenvalue weighted by atomic mass is 9.94. The highest BCUT2D eigenvalue weighted by molar-refractivity contribution is 5.14. The fourth-order valence-corrected chi connectivity index (χ4v) is 2.59. The SMILES string of the molecule is CC(C)(CNCc1ccccc1)COC1CCCC1. The Morgan fingerprint density at radius 1 is 1.16 bits per heavy atom. The van der Waals surface area contributed by atoms with Gasteiger partial charge in [-0.2, -0.15) is 0 Å². The second-order valence-corrected chi connectivity index (χ2v) is 6.47. The van der Waals surface area contributed by atoms with Gasteiger partial charge in [0, 0.05) is 18.5 Å². The Morgan fingerprint density at radius 3 is 2.53 bits per heavy atom. The monoisotopic (exact) mass is 261 g/mol. The molecule has 106 valence electrons. The Morgan fingerprint density at radius 2 is 1.84 bits per heavy atom. The van der Waals surface area contributed by atoms with Crippen molar-refractivity contribution in [2.45, 2.75) is 52.2 Å². The first-order valence-corrected chi connectivity index (χ1v) is 7.52. The quantitative estimate of drug-likeness (QED) is 0.807. The van der Waals surface area contributed by atoms with Gasteiger partial charge in [-0.25, -0.2) is 0 Å². The third-order valence-corrected chi connectivity index (χ3v) is 3.79. The van der Waals surface area contributed by atoms with Crippen molar-refractivity contribution in [3.63, 3.8) is 0 Å². The molecule has 0 amide bonds. The van der Waals surface area contributed by atoms with E-state index in [1.54, 1.807) is 0 Å². The van der Waals surface area contributed by atoms with E-state index in [0.717, 1.165) is 19.7 Å². The molecule has 0 spiro atoms. The van der Waals surface area contributed by atoms with E-state index in [1.165, 1.54) is 31.2 Å². The van der Waals surface area contributed by atoms with Crippen molar-refractivity contribution >= 4 is 0 Å². The maximum absolute atomic E-state index is 6.03. The van der Waals surface area contributed by atoms with Gasteiger partial charge in [-0.15, -0.1) is 0 Å². The summed E-state index contributed by atoms with van der Waals surface area (Å²) in [6.45, 7) is 7.35. The molecule has 1 saturated carbocycles. The van der Waals surface area contributed by atoms with Crippen molar-refractivity contribution in [3.05, 3.63) is 35.9 Å². The second kappa shape index (κ2) is 7.06. The molecule has 0 aliphatic heterocycles. The van der Waals surface area contributed by atoms with Crippen LogP contribution < -0.4 is 5.32 Å². The second-order valence-electron chi connectivity index (χ2n) is 6.47. The predicted molar refractivity (Wildman–Crippen MR) is 80.1 cm³/mol. The molecule has 2 rings (SSSR count). The summed E-state index contributed by atoms with van der Waals surface area (Å²) in [5, 5.41) is 3.54. The summed E-state index contributed by atoms with van der Waals surface area (Å²) in [7, 11) is 0. The van der Waals surface area contributed by atoms with Crippen molar-refractivity contribution in [1.82, 2.24) is 5.32 Å². The number of nitrogens with one attached hydrogen (secondary N) is 1. The van der Waals surface area contributed by atoms with E-state index < -0.39 is 0 Å². The molecular formula is C17H27NO. The standard InChI is InChI=1S/C17H27NO/c1-17(2,14-19-16-10-6-7-11-16)13-18-12-15-8-4-3-5-9-15/h3-5,8-9,16,18H,6-7,10-14H2,1-2H3. The fourth-order valence-electron chi connectivity index (χ4n) is 2.59. The summed E-state index contributed by atoms with van der Waals surface area (Å²) >= 11 is 0. The van der Waals surface area contributed by atoms with Crippen molar-refractivity contribution in [1.29, 1.82) is 0 Å². The molecule has 1 aliphatic carbocycles. The third kappa shape index (κ3) is 5.33. The highest BCUT2D eigenvalue weighted by Crippen LogP contribution is 2.24. The van der Waals surface area contributed by atoms with Crippen LogP contribution in [0.2, 0.25) is 0 Å². The molecule has 0 bridgehead atoms. The van der Waals surface area contributed by atoms with Crippen LogP contribution >= 0.6 is 0 Å². The van der Waals surface area contributed by atoms with Gasteiger partial charge in [0.15, 0.2) is 0 Å². The summed E-state index contributed by atoms with van der Waals surface area (Å²) in [5.41, 5.74) is 1.55. The molecule has 0 atom stereocenters. The van der Waals surface area contributed by atoms with Gasteiger partial charge in [0.2, 0.25) is 0 Å². The van der Waals surface area contributed by atoms with Gasteiger partial charge in [0.05, 0.1) is 12.7 Å². The van der Waals surface area contributed by atoms with Crippen LogP contribution in [0.15, 0.2) is 30.3 Å². The summed E-state index contributed by atoms with van der Waals surface area (Å²) < 4.78 is 6.03. The normalized spacial score (nSPS) is 16.9. The molecule has 1 N–H and O–H groups in total. The Kier molecular flexibility index (Phi) is 5.41. The van der Waals surface area contributed by atoms with Crippen LogP contribution in [0.25, 0.3) is 0 Å². The van der Waals surface area contributed by atoms with Gasteiger partial charge < -0.3 is 10.1 Å². The number of hydrogen-bond acceptors (Lipinski definition) is 2. The third-order valence-electron chi connectivity index (χ3n) is 3.79. The molecule has 1 aromatic rings. The molecule has 1 fully saturated rings. The lowest BCUT2D eigenvalue weighted by Gasteiger charge is -2.27. The average Bonchev–Trinajstić information content (AvgIpc) is 2.91. The van der Waals surface area contributed by atoms with E-state index in [2.05, 4.69) is 49.5 Å². The smallest absolute Gasteiger partial charge is 0.0575 e. The zero-order valence-corrected chi connectivity index (χ0v) is 12.3. The molecule has 0 saturated heterocycles. The zero-order chi connectivity index (χ0) is 13.6. The first-order chi connectivity index (χ1) is 9.16. The average molecular weight is 261 g/mol. The van der Waals surface area contributed by atoms with E-state index in [4.69, 9.17) is 4.74 Å². The molecule has 0 radical (unpaired) electrons. The van der Waals surface area contributed by atoms with Gasteiger partial charge in [-0.1, -0.05) is 57.0 Å². The van der Waals surface area contributed by atoms with Gasteiger partial charge in [-0.05, 0) is 18.4 Å². The van der Waals surface area contributed by atoms with Crippen LogP contribution in [0, 0.1) is 5.41 Å². The maximum atomic E-state index is 6.03. The van der Waals surface area contributed by atoms with Crippen LogP contribution in [-0.2, 0) is 11.3 Å². The summed E-state index contributed by atoms with van der Waals surface area (Å²) in [6.07, 6.45) is 5.73. The lowest BCUT2D eigenvalue weighted by molar-refractivity contribution is 0.00680. The molecule has 1 aromatic carbocycles. The van der Waals surface area contributed by atoms with Crippen LogP contribution in [0.4, 0.5) is 0 Å². The van der Waals surface area contributed by atoms with Gasteiger partial charge in [-0.3, -0.25) is 0 Å². The molecule has 2 heteroatoms. The molecule has 0 heterocycles. The van der Waals surface area contributed by atoms with Crippen LogP contribution in [0.5, 0.6) is 0 Å². The topological polar surface area (TPSA) is 21.3 Å². The number of benzene rings is 1. The van der Waals surface area contributed by atoms with Crippen molar-refractivity contribution in [2.75, 3.05) is 13.2 Å². The molecule has 0 unspecified atom stereocenters. The van der Waals surface area contributed by atoms with Crippen molar-refractivity contribution < 1.29 is 4.74 Å². The molecule has 1 aliphatic rings. The zero-order valence-electron chi connectivity index (χ0n) is 12.3. The van der Waals surface area contributed by atoms with Crippen molar-refractivity contribution in [2.24, 2.45) is 5.41 Å². The number of rotatable bonds is 7. The predicted octanol–water partition coefficient (Wildman–Crippen LogP) is 3.76. The van der Waals surface area contributed by atoms with Crippen LogP contribution in [-0.4, -0.2) is 19.3 Å². The van der Waals surface area contributed by atoms with Crippen LogP contribution in [0.1, 0.15) is 45.1 Å². The van der Waals surface area contributed by atoms with E-state index in [9.17, 15) is 0 Å². The Balaban J connectivity index is 1.65. The summed E-state index contributed by atoms with van der Waals surface area (Å²) in [5.74, 6) is 0. The largest absolute Gasteiger partial charge is 0.378 e. The molecule has 19 heavy (non-hydrogen) atoms. The first-order valence-electron chi connectivity index (χ1n) is 7.52. The molecule has 0 aromatic heterocycles.